The first kappa shape index (κ1) is 72.8. The minimum Gasteiger partial charge on any atom is -0.248 e. The van der Waals surface area contributed by atoms with Crippen molar-refractivity contribution in [3.63, 3.8) is 0 Å². The fourth-order valence-electron chi connectivity index (χ4n) is 6.43. The molecule has 1 aromatic carbocycles. The quantitative estimate of drug-likeness (QED) is 0.0471. The first-order valence-electron chi connectivity index (χ1n) is 28.4. The van der Waals surface area contributed by atoms with Crippen molar-refractivity contribution in [2.45, 2.75) is 278 Å². The van der Waals surface area contributed by atoms with Gasteiger partial charge in [-0.25, -0.2) is 29.6 Å². The standard InChI is InChI=1S/C19H28N2S2.C14H25N3S2.2C13H25N3S2/c1-12(2)15-7-8-16-17(9-15)21-19(11-23-14(5)6)18(20-16)10-22-13(3)4;1-9(2)14-16-12(7-18-10(3)4)15-13(17-14)8-19-11(5)6;1-9(2)16-13(8-18-11(5)6)12(14-15-16)7-17-10(3)4;1-9(2)16-14-12(7-17-10(3)4)13(15-16)8-18-11(5)6/h7-9,12-14H,10-11H2,1-6H3;9-11H,7-8H2,1-6H3;2*9-11H,7-8H2,1-6H3. The summed E-state index contributed by atoms with van der Waals surface area (Å²) < 4.78 is 2.08. The molecule has 19 heteroatoms. The second kappa shape index (κ2) is 38.5. The Morgan fingerprint density at radius 2 is 0.731 bits per heavy atom. The molecule has 11 nitrogen and oxygen atoms in total. The molecule has 0 radical (unpaired) electrons. The summed E-state index contributed by atoms with van der Waals surface area (Å²) >= 11 is 15.4. The van der Waals surface area contributed by atoms with Crippen LogP contribution >= 0.6 is 94.1 Å². The lowest BCUT2D eigenvalue weighted by Crippen LogP contribution is -2.09. The lowest BCUT2D eigenvalue weighted by molar-refractivity contribution is 0.462. The van der Waals surface area contributed by atoms with Crippen molar-refractivity contribution in [1.82, 2.24) is 54.9 Å². The normalized spacial score (nSPS) is 12.0. The van der Waals surface area contributed by atoms with Crippen LogP contribution in [0.1, 0.15) is 247 Å². The molecule has 0 saturated heterocycles. The van der Waals surface area contributed by atoms with Crippen LogP contribution < -0.4 is 0 Å². The topological polar surface area (TPSA) is 126 Å². The number of hydrogen-bond acceptors (Lipinski definition) is 17. The van der Waals surface area contributed by atoms with Crippen LogP contribution in [-0.2, 0) is 46.0 Å². The van der Waals surface area contributed by atoms with E-state index in [-0.39, 0.29) is 0 Å². The van der Waals surface area contributed by atoms with Crippen molar-refractivity contribution >= 4 is 105 Å². The zero-order valence-corrected chi connectivity index (χ0v) is 59.0. The van der Waals surface area contributed by atoms with Crippen LogP contribution in [-0.4, -0.2) is 96.9 Å². The Hall–Kier alpha value is -1.35. The number of thioether (sulfide) groups is 8. The van der Waals surface area contributed by atoms with Gasteiger partial charge in [-0.3, -0.25) is 0 Å². The van der Waals surface area contributed by atoms with Crippen molar-refractivity contribution in [2.75, 3.05) is 0 Å². The molecule has 0 aliphatic carbocycles. The Morgan fingerprint density at radius 3 is 1.10 bits per heavy atom. The Balaban J connectivity index is 0.000000358. The second-order valence-electron chi connectivity index (χ2n) is 22.6. The van der Waals surface area contributed by atoms with Gasteiger partial charge in [-0.1, -0.05) is 150 Å². The predicted molar refractivity (Wildman–Crippen MR) is 360 cm³/mol. The highest BCUT2D eigenvalue weighted by Gasteiger charge is 2.18. The molecule has 4 heterocycles. The average Bonchev–Trinajstić information content (AvgIpc) is 3.98. The van der Waals surface area contributed by atoms with Gasteiger partial charge in [0.25, 0.3) is 0 Å². The zero-order chi connectivity index (χ0) is 58.8. The Labute approximate surface area is 509 Å². The molecule has 0 saturated carbocycles. The Morgan fingerprint density at radius 1 is 0.359 bits per heavy atom. The molecule has 0 unspecified atom stereocenters. The highest BCUT2D eigenvalue weighted by molar-refractivity contribution is 8.00. The highest BCUT2D eigenvalue weighted by atomic mass is 32.2. The smallest absolute Gasteiger partial charge is 0.142 e. The van der Waals surface area contributed by atoms with E-state index < -0.39 is 0 Å². The van der Waals surface area contributed by atoms with E-state index in [0.717, 1.165) is 103 Å². The van der Waals surface area contributed by atoms with Crippen molar-refractivity contribution in [3.05, 3.63) is 75.4 Å². The number of benzene rings is 1. The van der Waals surface area contributed by atoms with Crippen LogP contribution in [0, 0.1) is 0 Å². The maximum atomic E-state index is 4.97. The summed E-state index contributed by atoms with van der Waals surface area (Å²) in [4.78, 5) is 25.5. The third-order valence-corrected chi connectivity index (χ3v) is 19.6. The summed E-state index contributed by atoms with van der Waals surface area (Å²) in [6.45, 7) is 52.8. The molecule has 5 aromatic rings. The first-order valence-corrected chi connectivity index (χ1v) is 36.8. The van der Waals surface area contributed by atoms with Gasteiger partial charge in [-0.15, -0.1) is 5.10 Å². The van der Waals surface area contributed by atoms with Gasteiger partial charge in [0.15, 0.2) is 0 Å². The number of rotatable bonds is 28. The summed E-state index contributed by atoms with van der Waals surface area (Å²) in [6, 6.07) is 7.24. The van der Waals surface area contributed by atoms with E-state index in [4.69, 9.17) is 9.97 Å². The van der Waals surface area contributed by atoms with Gasteiger partial charge in [0.05, 0.1) is 62.7 Å². The molecule has 0 fully saturated rings. The molecule has 0 bridgehead atoms. The number of aromatic nitrogens is 11. The minimum atomic E-state index is 0.339. The molecule has 5 rings (SSSR count). The summed E-state index contributed by atoms with van der Waals surface area (Å²) in [6.07, 6.45) is 0. The number of hydrogen-bond donors (Lipinski definition) is 0. The van der Waals surface area contributed by atoms with Crippen molar-refractivity contribution in [2.24, 2.45) is 0 Å². The third kappa shape index (κ3) is 29.8. The highest BCUT2D eigenvalue weighted by Crippen LogP contribution is 2.29. The molecule has 0 spiro atoms. The summed E-state index contributed by atoms with van der Waals surface area (Å²) in [5, 5.41) is 22.9. The fourth-order valence-corrected chi connectivity index (χ4v) is 12.0. The van der Waals surface area contributed by atoms with Gasteiger partial charge in [0, 0.05) is 46.5 Å². The van der Waals surface area contributed by atoms with Crippen LogP contribution in [0.2, 0.25) is 0 Å². The lowest BCUT2D eigenvalue weighted by atomic mass is 10.0. The van der Waals surface area contributed by atoms with Crippen LogP contribution in [0.25, 0.3) is 11.0 Å². The largest absolute Gasteiger partial charge is 0.248 e. The summed E-state index contributed by atoms with van der Waals surface area (Å²) in [5.74, 6) is 11.2. The van der Waals surface area contributed by atoms with Crippen molar-refractivity contribution < 1.29 is 0 Å². The van der Waals surface area contributed by atoms with Crippen LogP contribution in [0.3, 0.4) is 0 Å². The average molecular weight is 1220 g/mol. The monoisotopic (exact) mass is 1220 g/mol. The van der Waals surface area contributed by atoms with Gasteiger partial charge in [-0.05, 0) is 93.3 Å². The molecular formula is C59H103N11S8. The van der Waals surface area contributed by atoms with Gasteiger partial charge < -0.3 is 0 Å². The van der Waals surface area contributed by atoms with E-state index in [0.29, 0.717) is 65.9 Å². The van der Waals surface area contributed by atoms with E-state index in [1.54, 1.807) is 0 Å². The maximum absolute atomic E-state index is 4.97. The van der Waals surface area contributed by atoms with Gasteiger partial charge in [0.1, 0.15) is 17.5 Å². The van der Waals surface area contributed by atoms with E-state index in [1.165, 1.54) is 11.3 Å². The van der Waals surface area contributed by atoms with Crippen LogP contribution in [0.4, 0.5) is 0 Å². The van der Waals surface area contributed by atoms with Gasteiger partial charge in [-0.2, -0.15) is 109 Å². The van der Waals surface area contributed by atoms with Crippen LogP contribution in [0.15, 0.2) is 18.2 Å². The summed E-state index contributed by atoms with van der Waals surface area (Å²) in [5.41, 5.74) is 10.5. The Bertz CT molecular complexity index is 2340. The van der Waals surface area contributed by atoms with E-state index >= 15 is 0 Å². The lowest BCUT2D eigenvalue weighted by Gasteiger charge is -2.13. The molecular weight excluding hydrogens is 1120 g/mol. The molecule has 0 amide bonds. The van der Waals surface area contributed by atoms with E-state index in [2.05, 4.69) is 225 Å². The molecule has 0 aliphatic heterocycles. The number of nitrogens with zero attached hydrogens (tertiary/aromatic N) is 11. The first-order chi connectivity index (χ1) is 36.6. The minimum absolute atomic E-state index is 0.339. The predicted octanol–water partition coefficient (Wildman–Crippen LogP) is 18.6. The third-order valence-electron chi connectivity index (χ3n) is 10.8. The zero-order valence-electron chi connectivity index (χ0n) is 52.5. The molecule has 4 aromatic heterocycles. The van der Waals surface area contributed by atoms with E-state index in [1.807, 2.05) is 98.9 Å². The fraction of sp³-hybridized carbons (Fsp3) is 0.746. The maximum Gasteiger partial charge on any atom is 0.142 e. The van der Waals surface area contributed by atoms with Gasteiger partial charge >= 0.3 is 0 Å². The van der Waals surface area contributed by atoms with Crippen LogP contribution in [0.5, 0.6) is 0 Å². The SMILES string of the molecule is CC(C)SCc1nc(CSC(C)C)nc(C(C)C)n1.CC(C)SCc1nc2ccc(C(C)C)cc2nc1CSC(C)C.CC(C)SCc1nn(C(C)C)nc1CSC(C)C.CC(C)SCc1nnn(C(C)C)c1CSC(C)C. The second-order valence-corrected chi connectivity index (χ2v) is 35.1. The molecule has 0 N–H and O–H groups in total. The summed E-state index contributed by atoms with van der Waals surface area (Å²) in [7, 11) is 0. The Kier molecular flexibility index (Phi) is 35.9. The van der Waals surface area contributed by atoms with Crippen molar-refractivity contribution in [1.29, 1.82) is 0 Å². The molecule has 0 atom stereocenters. The van der Waals surface area contributed by atoms with Crippen molar-refractivity contribution in [3.8, 4) is 0 Å². The number of fused-ring (bicyclic) bond motifs is 1. The molecule has 0 aliphatic rings. The molecule has 442 valence electrons. The van der Waals surface area contributed by atoms with Gasteiger partial charge in [0.2, 0.25) is 0 Å². The van der Waals surface area contributed by atoms with E-state index in [9.17, 15) is 0 Å². The molecule has 78 heavy (non-hydrogen) atoms.